The quantitative estimate of drug-likeness (QED) is 0.615. The van der Waals surface area contributed by atoms with E-state index in [0.29, 0.717) is 11.3 Å². The van der Waals surface area contributed by atoms with Gasteiger partial charge in [0, 0.05) is 17.5 Å². The second-order valence-electron chi connectivity index (χ2n) is 6.72. The van der Waals surface area contributed by atoms with Gasteiger partial charge in [-0.2, -0.15) is 5.10 Å². The number of hydrogen-bond acceptors (Lipinski definition) is 6. The number of fused-ring (bicyclic) bond motifs is 3. The van der Waals surface area contributed by atoms with Gasteiger partial charge < -0.3 is 9.47 Å². The van der Waals surface area contributed by atoms with Crippen LogP contribution in [0.15, 0.2) is 71.1 Å². The molecule has 0 radical (unpaired) electrons. The van der Waals surface area contributed by atoms with Crippen molar-refractivity contribution >= 4 is 22.8 Å². The average Bonchev–Trinajstić information content (AvgIpc) is 3.42. The monoisotopic (exact) mass is 390 g/mol. The van der Waals surface area contributed by atoms with Gasteiger partial charge in [-0.05, 0) is 41.8 Å². The molecule has 5 nitrogen and oxygen atoms in total. The first-order valence-corrected chi connectivity index (χ1v) is 9.96. The van der Waals surface area contributed by atoms with Crippen molar-refractivity contribution in [2.75, 3.05) is 7.11 Å². The summed E-state index contributed by atoms with van der Waals surface area (Å²) >= 11 is 1.66. The Labute approximate surface area is 166 Å². The molecule has 2 atom stereocenters. The summed E-state index contributed by atoms with van der Waals surface area (Å²) in [5, 5.41) is 8.67. The number of benzene rings is 2. The Morgan fingerprint density at radius 3 is 2.71 bits per heavy atom. The first-order valence-electron chi connectivity index (χ1n) is 9.08. The van der Waals surface area contributed by atoms with E-state index < -0.39 is 6.23 Å². The van der Waals surface area contributed by atoms with E-state index in [-0.39, 0.29) is 11.8 Å². The highest BCUT2D eigenvalue weighted by Crippen LogP contribution is 2.43. The molecule has 2 aromatic carbocycles. The molecular weight excluding hydrogens is 372 g/mol. The second kappa shape index (κ2) is 6.80. The maximum absolute atomic E-state index is 13.3. The zero-order valence-corrected chi connectivity index (χ0v) is 16.1. The third-order valence-corrected chi connectivity index (χ3v) is 6.02. The summed E-state index contributed by atoms with van der Waals surface area (Å²) in [5.74, 6) is 1.35. The van der Waals surface area contributed by atoms with Crippen LogP contribution in [0.3, 0.4) is 0 Å². The fourth-order valence-corrected chi connectivity index (χ4v) is 4.42. The standard InChI is InChI=1S/C22H18N2O3S/c1-26-15-10-8-14(9-11-15)21(25)22-24-18(16-5-2-3-6-19(16)27-22)13-17(23-24)20-7-4-12-28-20/h2-12,18,22H,13H2,1H3/t18-,22-/m1/s1. The summed E-state index contributed by atoms with van der Waals surface area (Å²) in [7, 11) is 1.60. The van der Waals surface area contributed by atoms with Crippen LogP contribution in [0.4, 0.5) is 0 Å². The van der Waals surface area contributed by atoms with E-state index in [0.717, 1.165) is 28.3 Å². The van der Waals surface area contributed by atoms with Gasteiger partial charge in [0.05, 0.1) is 23.7 Å². The summed E-state index contributed by atoms with van der Waals surface area (Å²) < 4.78 is 11.3. The Balaban J connectivity index is 1.54. The van der Waals surface area contributed by atoms with Crippen LogP contribution in [0.1, 0.15) is 33.3 Å². The van der Waals surface area contributed by atoms with Gasteiger partial charge in [-0.1, -0.05) is 24.3 Å². The molecule has 3 aromatic rings. The number of carbonyl (C=O) groups is 1. The Morgan fingerprint density at radius 1 is 1.14 bits per heavy atom. The summed E-state index contributed by atoms with van der Waals surface area (Å²) in [5.41, 5.74) is 2.63. The molecule has 0 amide bonds. The lowest BCUT2D eigenvalue weighted by Gasteiger charge is -2.37. The molecule has 0 fully saturated rings. The van der Waals surface area contributed by atoms with Crippen molar-refractivity contribution in [3.63, 3.8) is 0 Å². The van der Waals surface area contributed by atoms with Crippen molar-refractivity contribution in [1.29, 1.82) is 0 Å². The minimum atomic E-state index is -0.786. The van der Waals surface area contributed by atoms with Crippen LogP contribution in [0.2, 0.25) is 0 Å². The van der Waals surface area contributed by atoms with Gasteiger partial charge in [-0.15, -0.1) is 11.3 Å². The molecule has 5 rings (SSSR count). The third kappa shape index (κ3) is 2.77. The first kappa shape index (κ1) is 17.0. The van der Waals surface area contributed by atoms with Crippen LogP contribution in [0.5, 0.6) is 11.5 Å². The number of thiophene rings is 1. The molecule has 6 heteroatoms. The Hall–Kier alpha value is -3.12. The van der Waals surface area contributed by atoms with Gasteiger partial charge >= 0.3 is 0 Å². The average molecular weight is 390 g/mol. The minimum Gasteiger partial charge on any atom is -0.497 e. The lowest BCUT2D eigenvalue weighted by molar-refractivity contribution is -0.00455. The molecule has 140 valence electrons. The number of para-hydroxylation sites is 1. The van der Waals surface area contributed by atoms with Gasteiger partial charge in [-0.25, -0.2) is 5.01 Å². The van der Waals surface area contributed by atoms with E-state index in [1.807, 2.05) is 40.7 Å². The highest BCUT2D eigenvalue weighted by molar-refractivity contribution is 7.12. The molecule has 2 aliphatic rings. The maximum atomic E-state index is 13.3. The lowest BCUT2D eigenvalue weighted by atomic mass is 9.97. The SMILES string of the molecule is COc1ccc(C(=O)[C@H]2Oc3ccccc3[C@H]3CC(c4cccs4)=NN23)cc1. The van der Waals surface area contributed by atoms with E-state index in [1.165, 1.54) is 0 Å². The van der Waals surface area contributed by atoms with Crippen LogP contribution < -0.4 is 9.47 Å². The number of ketones is 1. The number of rotatable bonds is 4. The number of hydrogen-bond donors (Lipinski definition) is 0. The highest BCUT2D eigenvalue weighted by Gasteiger charge is 2.43. The van der Waals surface area contributed by atoms with Gasteiger partial charge in [0.25, 0.3) is 6.23 Å². The predicted octanol–water partition coefficient (Wildman–Crippen LogP) is 4.51. The van der Waals surface area contributed by atoms with Crippen molar-refractivity contribution in [1.82, 2.24) is 5.01 Å². The molecule has 1 aromatic heterocycles. The number of methoxy groups -OCH3 is 1. The van der Waals surface area contributed by atoms with Gasteiger partial charge in [0.1, 0.15) is 11.5 Å². The van der Waals surface area contributed by atoms with Crippen LogP contribution in [-0.4, -0.2) is 29.8 Å². The van der Waals surface area contributed by atoms with Gasteiger partial charge in [0.2, 0.25) is 5.78 Å². The zero-order chi connectivity index (χ0) is 19.1. The van der Waals surface area contributed by atoms with Crippen LogP contribution in [0, 0.1) is 0 Å². The minimum absolute atomic E-state index is 0.00533. The van der Waals surface area contributed by atoms with E-state index in [4.69, 9.17) is 14.6 Å². The summed E-state index contributed by atoms with van der Waals surface area (Å²) in [6.45, 7) is 0. The van der Waals surface area contributed by atoms with Crippen molar-refractivity contribution in [3.8, 4) is 11.5 Å². The summed E-state index contributed by atoms with van der Waals surface area (Å²) in [6.07, 6.45) is -0.0291. The van der Waals surface area contributed by atoms with Gasteiger partial charge in [-0.3, -0.25) is 4.79 Å². The van der Waals surface area contributed by atoms with E-state index >= 15 is 0 Å². The van der Waals surface area contributed by atoms with E-state index in [9.17, 15) is 4.79 Å². The van der Waals surface area contributed by atoms with E-state index in [1.54, 1.807) is 42.7 Å². The van der Waals surface area contributed by atoms with E-state index in [2.05, 4.69) is 6.07 Å². The third-order valence-electron chi connectivity index (χ3n) is 5.10. The summed E-state index contributed by atoms with van der Waals surface area (Å²) in [4.78, 5) is 14.4. The maximum Gasteiger partial charge on any atom is 0.251 e. The molecule has 0 aliphatic carbocycles. The number of Topliss-reactive ketones (excluding diaryl/α,β-unsaturated/α-hetero) is 1. The molecule has 0 unspecified atom stereocenters. The van der Waals surface area contributed by atoms with Crippen molar-refractivity contribution in [3.05, 3.63) is 82.0 Å². The molecule has 2 aliphatic heterocycles. The topological polar surface area (TPSA) is 51.1 Å². The number of ether oxygens (including phenoxy) is 2. The molecule has 3 heterocycles. The zero-order valence-electron chi connectivity index (χ0n) is 15.2. The highest BCUT2D eigenvalue weighted by atomic mass is 32.1. The van der Waals surface area contributed by atoms with Crippen molar-refractivity contribution in [2.45, 2.75) is 18.7 Å². The molecular formula is C22H18N2O3S. The lowest BCUT2D eigenvalue weighted by Crippen LogP contribution is -2.45. The smallest absolute Gasteiger partial charge is 0.251 e. The Morgan fingerprint density at radius 2 is 1.96 bits per heavy atom. The second-order valence-corrected chi connectivity index (χ2v) is 7.67. The van der Waals surface area contributed by atoms with Crippen molar-refractivity contribution < 1.29 is 14.3 Å². The number of hydrazone groups is 1. The fourth-order valence-electron chi connectivity index (χ4n) is 3.70. The summed E-state index contributed by atoms with van der Waals surface area (Å²) in [6, 6.07) is 19.1. The molecule has 28 heavy (non-hydrogen) atoms. The normalized spacial score (nSPS) is 20.0. The molecule has 0 saturated heterocycles. The molecule has 0 saturated carbocycles. The Bertz CT molecular complexity index is 1040. The van der Waals surface area contributed by atoms with Crippen LogP contribution in [-0.2, 0) is 0 Å². The molecule has 0 N–H and O–H groups in total. The van der Waals surface area contributed by atoms with Crippen LogP contribution >= 0.6 is 11.3 Å². The van der Waals surface area contributed by atoms with Crippen LogP contribution in [0.25, 0.3) is 0 Å². The number of carbonyl (C=O) groups excluding carboxylic acids is 1. The molecule has 0 bridgehead atoms. The largest absolute Gasteiger partial charge is 0.497 e. The molecule has 0 spiro atoms. The van der Waals surface area contributed by atoms with Crippen molar-refractivity contribution in [2.24, 2.45) is 5.10 Å². The number of nitrogens with zero attached hydrogens (tertiary/aromatic N) is 2. The Kier molecular flexibility index (Phi) is 4.13. The first-order chi connectivity index (χ1) is 13.7. The predicted molar refractivity (Wildman–Crippen MR) is 108 cm³/mol. The van der Waals surface area contributed by atoms with Gasteiger partial charge in [0.15, 0.2) is 0 Å². The fraction of sp³-hybridized carbons (Fsp3) is 0.182.